The first kappa shape index (κ1) is 11.7. The van der Waals surface area contributed by atoms with Crippen molar-refractivity contribution in [1.29, 1.82) is 0 Å². The van der Waals surface area contributed by atoms with Gasteiger partial charge in [0.05, 0.1) is 0 Å². The van der Waals surface area contributed by atoms with E-state index in [9.17, 15) is 0 Å². The SMILES string of the molecule is C=C=C(C)\C=C/C(/C=C\C)=C/CC. The van der Waals surface area contributed by atoms with Crippen LogP contribution in [0.3, 0.4) is 0 Å². The molecular weight excluding hydrogens is 156 g/mol. The van der Waals surface area contributed by atoms with E-state index in [0.29, 0.717) is 0 Å². The zero-order valence-electron chi connectivity index (χ0n) is 8.80. The minimum atomic E-state index is 1.06. The van der Waals surface area contributed by atoms with Crippen molar-refractivity contribution in [1.82, 2.24) is 0 Å². The molecule has 70 valence electrons. The Kier molecular flexibility index (Phi) is 6.68. The lowest BCUT2D eigenvalue weighted by molar-refractivity contribution is 1.21. The molecule has 0 aromatic rings. The summed E-state index contributed by atoms with van der Waals surface area (Å²) < 4.78 is 0. The van der Waals surface area contributed by atoms with Crippen LogP contribution in [0.4, 0.5) is 0 Å². The number of rotatable bonds is 4. The fraction of sp³-hybridized carbons (Fsp3) is 0.308. The Morgan fingerprint density at radius 2 is 2.00 bits per heavy atom. The van der Waals surface area contributed by atoms with Gasteiger partial charge in [0.25, 0.3) is 0 Å². The van der Waals surface area contributed by atoms with E-state index in [1.807, 2.05) is 26.0 Å². The molecule has 0 aliphatic heterocycles. The molecule has 0 aliphatic carbocycles. The van der Waals surface area contributed by atoms with Gasteiger partial charge in [-0.15, -0.1) is 5.73 Å². The number of hydrogen-bond donors (Lipinski definition) is 0. The van der Waals surface area contributed by atoms with Gasteiger partial charge in [-0.05, 0) is 31.4 Å². The van der Waals surface area contributed by atoms with Crippen LogP contribution >= 0.6 is 0 Å². The van der Waals surface area contributed by atoms with Crippen molar-refractivity contribution in [2.75, 3.05) is 0 Å². The third-order valence-corrected chi connectivity index (χ3v) is 1.60. The fourth-order valence-corrected chi connectivity index (χ4v) is 0.900. The van der Waals surface area contributed by atoms with Crippen LogP contribution in [0.2, 0.25) is 0 Å². The summed E-state index contributed by atoms with van der Waals surface area (Å²) in [7, 11) is 0. The zero-order valence-corrected chi connectivity index (χ0v) is 8.80. The maximum absolute atomic E-state index is 3.58. The van der Waals surface area contributed by atoms with Crippen molar-refractivity contribution in [3.05, 3.63) is 53.8 Å². The van der Waals surface area contributed by atoms with Crippen LogP contribution < -0.4 is 0 Å². The van der Waals surface area contributed by atoms with Crippen LogP contribution in [0, 0.1) is 0 Å². The van der Waals surface area contributed by atoms with Crippen molar-refractivity contribution >= 4 is 0 Å². The molecule has 0 radical (unpaired) electrons. The van der Waals surface area contributed by atoms with Crippen LogP contribution in [0.5, 0.6) is 0 Å². The lowest BCUT2D eigenvalue weighted by atomic mass is 10.1. The maximum atomic E-state index is 3.58. The summed E-state index contributed by atoms with van der Waals surface area (Å²) in [4.78, 5) is 0. The van der Waals surface area contributed by atoms with Crippen LogP contribution in [0.15, 0.2) is 53.8 Å². The third-order valence-electron chi connectivity index (χ3n) is 1.60. The highest BCUT2D eigenvalue weighted by molar-refractivity contribution is 5.33. The van der Waals surface area contributed by atoms with Crippen LogP contribution in [-0.4, -0.2) is 0 Å². The first-order chi connectivity index (χ1) is 6.24. The molecule has 0 unspecified atom stereocenters. The summed E-state index contributed by atoms with van der Waals surface area (Å²) in [5.41, 5.74) is 5.13. The van der Waals surface area contributed by atoms with E-state index in [1.165, 1.54) is 5.57 Å². The van der Waals surface area contributed by atoms with E-state index in [1.54, 1.807) is 0 Å². The Morgan fingerprint density at radius 3 is 2.46 bits per heavy atom. The van der Waals surface area contributed by atoms with Gasteiger partial charge < -0.3 is 0 Å². The Bertz CT molecular complexity index is 268. The predicted molar refractivity (Wildman–Crippen MR) is 60.7 cm³/mol. The standard InChI is InChI=1S/C13H18/c1-5-8-13(9-6-2)11-10-12(4)7-3/h5,8-11H,3,6H2,1-2,4H3/b8-5-,11-10-,13-9+. The Labute approximate surface area is 81.7 Å². The second-order valence-electron chi connectivity index (χ2n) is 2.81. The van der Waals surface area contributed by atoms with E-state index in [2.05, 4.69) is 37.5 Å². The summed E-state index contributed by atoms with van der Waals surface area (Å²) >= 11 is 0. The van der Waals surface area contributed by atoms with Gasteiger partial charge in [-0.1, -0.05) is 43.9 Å². The summed E-state index contributed by atoms with van der Waals surface area (Å²) in [5.74, 6) is 0. The highest BCUT2D eigenvalue weighted by atomic mass is 13.9. The second-order valence-corrected chi connectivity index (χ2v) is 2.81. The quantitative estimate of drug-likeness (QED) is 0.443. The molecule has 0 spiro atoms. The lowest BCUT2D eigenvalue weighted by Crippen LogP contribution is -1.72. The minimum absolute atomic E-state index is 1.06. The summed E-state index contributed by atoms with van der Waals surface area (Å²) in [5, 5.41) is 0. The first-order valence-corrected chi connectivity index (χ1v) is 4.62. The molecule has 0 rings (SSSR count). The van der Waals surface area contributed by atoms with Gasteiger partial charge in [0.15, 0.2) is 0 Å². The summed E-state index contributed by atoms with van der Waals surface area (Å²) in [6.45, 7) is 9.72. The van der Waals surface area contributed by atoms with Crippen LogP contribution in [-0.2, 0) is 0 Å². The van der Waals surface area contributed by atoms with E-state index in [-0.39, 0.29) is 0 Å². The van der Waals surface area contributed by atoms with Crippen molar-refractivity contribution in [2.45, 2.75) is 27.2 Å². The predicted octanol–water partition coefficient (Wildman–Crippen LogP) is 4.19. The van der Waals surface area contributed by atoms with Gasteiger partial charge in [0.1, 0.15) is 0 Å². The van der Waals surface area contributed by atoms with Crippen molar-refractivity contribution in [3.8, 4) is 0 Å². The molecule has 0 fully saturated rings. The zero-order chi connectivity index (χ0) is 10.1. The van der Waals surface area contributed by atoms with Gasteiger partial charge in [-0.25, -0.2) is 0 Å². The van der Waals surface area contributed by atoms with Gasteiger partial charge in [0, 0.05) is 0 Å². The smallest absolute Gasteiger partial charge is 0.00974 e. The molecule has 13 heavy (non-hydrogen) atoms. The average Bonchev–Trinajstić information content (AvgIpc) is 2.14. The van der Waals surface area contributed by atoms with E-state index in [0.717, 1.165) is 12.0 Å². The van der Waals surface area contributed by atoms with Gasteiger partial charge in [-0.3, -0.25) is 0 Å². The Balaban J connectivity index is 4.52. The molecule has 0 bridgehead atoms. The lowest BCUT2D eigenvalue weighted by Gasteiger charge is -1.92. The average molecular weight is 174 g/mol. The molecule has 0 heteroatoms. The summed E-state index contributed by atoms with van der Waals surface area (Å²) in [6, 6.07) is 0. The molecular formula is C13H18. The highest BCUT2D eigenvalue weighted by Crippen LogP contribution is 2.03. The molecule has 0 amide bonds. The molecule has 0 N–H and O–H groups in total. The summed E-state index contributed by atoms with van der Waals surface area (Å²) in [6.07, 6.45) is 11.5. The van der Waals surface area contributed by atoms with Gasteiger partial charge in [0.2, 0.25) is 0 Å². The first-order valence-electron chi connectivity index (χ1n) is 4.62. The Hall–Kier alpha value is -1.26. The van der Waals surface area contributed by atoms with E-state index < -0.39 is 0 Å². The second kappa shape index (κ2) is 7.39. The molecule has 0 atom stereocenters. The fourth-order valence-electron chi connectivity index (χ4n) is 0.900. The van der Waals surface area contributed by atoms with E-state index in [4.69, 9.17) is 0 Å². The molecule has 0 aromatic heterocycles. The highest BCUT2D eigenvalue weighted by Gasteiger charge is 1.83. The van der Waals surface area contributed by atoms with Crippen LogP contribution in [0.25, 0.3) is 0 Å². The molecule has 0 saturated carbocycles. The molecule has 0 heterocycles. The monoisotopic (exact) mass is 174 g/mol. The molecule has 0 nitrogen and oxygen atoms in total. The van der Waals surface area contributed by atoms with Gasteiger partial charge >= 0.3 is 0 Å². The van der Waals surface area contributed by atoms with Crippen molar-refractivity contribution in [2.24, 2.45) is 0 Å². The molecule has 0 aliphatic rings. The molecule has 0 aromatic carbocycles. The largest absolute Gasteiger partial charge is 0.125 e. The van der Waals surface area contributed by atoms with Crippen molar-refractivity contribution in [3.63, 3.8) is 0 Å². The minimum Gasteiger partial charge on any atom is -0.125 e. The third kappa shape index (κ3) is 5.95. The number of allylic oxidation sites excluding steroid dienone is 7. The normalized spacial score (nSPS) is 12.4. The van der Waals surface area contributed by atoms with Crippen molar-refractivity contribution < 1.29 is 0 Å². The van der Waals surface area contributed by atoms with Gasteiger partial charge in [-0.2, -0.15) is 0 Å². The van der Waals surface area contributed by atoms with Crippen LogP contribution in [0.1, 0.15) is 27.2 Å². The number of hydrogen-bond acceptors (Lipinski definition) is 0. The maximum Gasteiger partial charge on any atom is -0.00974 e. The topological polar surface area (TPSA) is 0 Å². The molecule has 0 saturated heterocycles. The Morgan fingerprint density at radius 1 is 1.31 bits per heavy atom. The van der Waals surface area contributed by atoms with E-state index >= 15 is 0 Å².